The highest BCUT2D eigenvalue weighted by atomic mass is 28.4. The highest BCUT2D eigenvalue weighted by Gasteiger charge is 2.50. The molecule has 194 valence electrons. The summed E-state index contributed by atoms with van der Waals surface area (Å²) < 4.78 is 7.33. The SMILES string of the molecule is C/C(=C\C#N)c1cc(C(C)(C)C)cc(C(C)(C)CO[Si](c2ccccc2)(c2ccccc2)C(C)(C)C)c1. The third kappa shape index (κ3) is 6.14. The molecule has 3 aromatic carbocycles. The molecule has 0 N–H and O–H groups in total. The molecule has 0 aliphatic heterocycles. The minimum Gasteiger partial charge on any atom is -0.407 e. The van der Waals surface area contributed by atoms with Crippen LogP contribution in [0.3, 0.4) is 0 Å². The molecular weight excluding hydrogens is 466 g/mol. The summed E-state index contributed by atoms with van der Waals surface area (Å²) in [6, 6.07) is 30.6. The first-order valence-electron chi connectivity index (χ1n) is 13.2. The quantitative estimate of drug-likeness (QED) is 0.241. The van der Waals surface area contributed by atoms with E-state index in [9.17, 15) is 5.26 Å². The van der Waals surface area contributed by atoms with Crippen molar-refractivity contribution < 1.29 is 4.43 Å². The second kappa shape index (κ2) is 10.8. The van der Waals surface area contributed by atoms with E-state index >= 15 is 0 Å². The smallest absolute Gasteiger partial charge is 0.261 e. The van der Waals surface area contributed by atoms with Gasteiger partial charge in [-0.2, -0.15) is 5.26 Å². The van der Waals surface area contributed by atoms with Gasteiger partial charge in [-0.25, -0.2) is 0 Å². The van der Waals surface area contributed by atoms with E-state index < -0.39 is 8.32 Å². The van der Waals surface area contributed by atoms with E-state index in [4.69, 9.17) is 4.43 Å². The van der Waals surface area contributed by atoms with Crippen molar-refractivity contribution in [3.63, 3.8) is 0 Å². The fourth-order valence-electron chi connectivity index (χ4n) is 4.99. The maximum atomic E-state index is 9.28. The zero-order valence-corrected chi connectivity index (χ0v) is 25.1. The van der Waals surface area contributed by atoms with Crippen molar-refractivity contribution >= 4 is 24.3 Å². The summed E-state index contributed by atoms with van der Waals surface area (Å²) >= 11 is 0. The van der Waals surface area contributed by atoms with Crippen molar-refractivity contribution in [2.75, 3.05) is 6.61 Å². The number of nitrogens with zero attached hydrogens (tertiary/aromatic N) is 1. The lowest BCUT2D eigenvalue weighted by Gasteiger charge is -2.45. The Morgan fingerprint density at radius 2 is 1.27 bits per heavy atom. The Morgan fingerprint density at radius 1 is 0.784 bits per heavy atom. The molecular formula is C34H43NOSi. The van der Waals surface area contributed by atoms with Gasteiger partial charge >= 0.3 is 0 Å². The Morgan fingerprint density at radius 3 is 1.70 bits per heavy atom. The van der Waals surface area contributed by atoms with Crippen molar-refractivity contribution in [2.24, 2.45) is 0 Å². The van der Waals surface area contributed by atoms with Gasteiger partial charge in [0.05, 0.1) is 6.07 Å². The largest absolute Gasteiger partial charge is 0.407 e. The maximum absolute atomic E-state index is 9.28. The number of nitriles is 1. The fraction of sp³-hybridized carbons (Fsp3) is 0.382. The zero-order valence-electron chi connectivity index (χ0n) is 24.1. The molecule has 0 aliphatic rings. The van der Waals surface area contributed by atoms with Crippen LogP contribution in [0.5, 0.6) is 0 Å². The molecule has 0 atom stereocenters. The van der Waals surface area contributed by atoms with Gasteiger partial charge in [-0.3, -0.25) is 0 Å². The molecule has 0 unspecified atom stereocenters. The predicted molar refractivity (Wildman–Crippen MR) is 161 cm³/mol. The molecule has 0 saturated heterocycles. The molecule has 0 amide bonds. The Hall–Kier alpha value is -2.93. The van der Waals surface area contributed by atoms with Gasteiger partial charge in [0.2, 0.25) is 0 Å². The van der Waals surface area contributed by atoms with Crippen LogP contribution in [0, 0.1) is 11.3 Å². The number of hydrogen-bond acceptors (Lipinski definition) is 2. The van der Waals surface area contributed by atoms with E-state index in [0.717, 1.165) is 11.1 Å². The minimum absolute atomic E-state index is 0.00733. The monoisotopic (exact) mass is 509 g/mol. The van der Waals surface area contributed by atoms with Crippen LogP contribution in [0.1, 0.15) is 79.0 Å². The van der Waals surface area contributed by atoms with Gasteiger partial charge in [0, 0.05) is 18.1 Å². The normalized spacial score (nSPS) is 13.4. The Labute approximate surface area is 226 Å². The maximum Gasteiger partial charge on any atom is 0.261 e. The summed E-state index contributed by atoms with van der Waals surface area (Å²) in [6.07, 6.45) is 1.64. The molecule has 0 heterocycles. The average molecular weight is 510 g/mol. The van der Waals surface area contributed by atoms with Crippen LogP contribution >= 0.6 is 0 Å². The first-order valence-corrected chi connectivity index (χ1v) is 15.1. The molecule has 2 nitrogen and oxygen atoms in total. The van der Waals surface area contributed by atoms with Crippen LogP contribution in [-0.4, -0.2) is 14.9 Å². The Balaban J connectivity index is 2.15. The molecule has 0 radical (unpaired) electrons. The first-order chi connectivity index (χ1) is 17.2. The molecule has 0 aromatic heterocycles. The molecule has 37 heavy (non-hydrogen) atoms. The summed E-state index contributed by atoms with van der Waals surface area (Å²) in [6.45, 7) is 20.8. The molecule has 0 spiro atoms. The first kappa shape index (κ1) is 28.6. The van der Waals surface area contributed by atoms with E-state index in [2.05, 4.69) is 140 Å². The van der Waals surface area contributed by atoms with Gasteiger partial charge in [-0.15, -0.1) is 0 Å². The lowest BCUT2D eigenvalue weighted by Crippen LogP contribution is -2.67. The average Bonchev–Trinajstić information content (AvgIpc) is 2.84. The topological polar surface area (TPSA) is 33.0 Å². The lowest BCUT2D eigenvalue weighted by molar-refractivity contribution is 0.227. The van der Waals surface area contributed by atoms with E-state index in [1.54, 1.807) is 6.08 Å². The van der Waals surface area contributed by atoms with Crippen LogP contribution in [0.2, 0.25) is 5.04 Å². The molecule has 0 bridgehead atoms. The van der Waals surface area contributed by atoms with E-state index in [1.807, 2.05) is 6.92 Å². The molecule has 3 heteroatoms. The highest BCUT2D eigenvalue weighted by Crippen LogP contribution is 2.39. The highest BCUT2D eigenvalue weighted by molar-refractivity contribution is 6.99. The van der Waals surface area contributed by atoms with Crippen LogP contribution in [0.4, 0.5) is 0 Å². The van der Waals surface area contributed by atoms with Gasteiger partial charge in [0.1, 0.15) is 0 Å². The Kier molecular flexibility index (Phi) is 8.37. The van der Waals surface area contributed by atoms with Gasteiger partial charge in [0.25, 0.3) is 8.32 Å². The van der Waals surface area contributed by atoms with Crippen LogP contribution in [0.25, 0.3) is 5.57 Å². The Bertz CT molecular complexity index is 1230. The third-order valence-corrected chi connectivity index (χ3v) is 12.4. The summed E-state index contributed by atoms with van der Waals surface area (Å²) in [7, 11) is -2.64. The number of benzene rings is 3. The van der Waals surface area contributed by atoms with Crippen molar-refractivity contribution in [3.05, 3.63) is 102 Å². The van der Waals surface area contributed by atoms with Gasteiger partial charge in [-0.05, 0) is 50.0 Å². The van der Waals surface area contributed by atoms with Gasteiger partial charge in [-0.1, -0.05) is 134 Å². The van der Waals surface area contributed by atoms with Crippen molar-refractivity contribution in [2.45, 2.75) is 78.2 Å². The van der Waals surface area contributed by atoms with Crippen molar-refractivity contribution in [1.29, 1.82) is 5.26 Å². The third-order valence-electron chi connectivity index (χ3n) is 7.38. The molecule has 3 rings (SSSR count). The van der Waals surface area contributed by atoms with Gasteiger partial charge in [0.15, 0.2) is 0 Å². The lowest BCUT2D eigenvalue weighted by atomic mass is 9.78. The van der Waals surface area contributed by atoms with Gasteiger partial charge < -0.3 is 4.43 Å². The summed E-state index contributed by atoms with van der Waals surface area (Å²) in [4.78, 5) is 0. The molecule has 0 fully saturated rings. The minimum atomic E-state index is -2.64. The number of allylic oxidation sites excluding steroid dienone is 2. The second-order valence-electron chi connectivity index (χ2n) is 12.8. The van der Waals surface area contributed by atoms with E-state index in [1.165, 1.54) is 21.5 Å². The number of rotatable bonds is 7. The standard InChI is InChI=1S/C34H43NOSi/c1-26(20-21-35)27-22-28(32(2,3)4)24-29(23-27)34(8,9)25-36-37(33(5,6)7,30-16-12-10-13-17-30)31-18-14-11-15-19-31/h10-20,22-24H,25H2,1-9H3/b26-20+. The van der Waals surface area contributed by atoms with Crippen molar-refractivity contribution in [3.8, 4) is 6.07 Å². The molecule has 0 saturated carbocycles. The van der Waals surface area contributed by atoms with Crippen molar-refractivity contribution in [1.82, 2.24) is 0 Å². The van der Waals surface area contributed by atoms with E-state index in [-0.39, 0.29) is 15.9 Å². The summed E-state index contributed by atoms with van der Waals surface area (Å²) in [5.74, 6) is 0. The molecule has 0 aliphatic carbocycles. The summed E-state index contributed by atoms with van der Waals surface area (Å²) in [5.41, 5.74) is 4.34. The number of hydrogen-bond donors (Lipinski definition) is 0. The summed E-state index contributed by atoms with van der Waals surface area (Å²) in [5, 5.41) is 11.8. The zero-order chi connectivity index (χ0) is 27.5. The van der Waals surface area contributed by atoms with Crippen LogP contribution < -0.4 is 10.4 Å². The van der Waals surface area contributed by atoms with Crippen LogP contribution in [0.15, 0.2) is 84.9 Å². The second-order valence-corrected chi connectivity index (χ2v) is 17.1. The van der Waals surface area contributed by atoms with Crippen LogP contribution in [-0.2, 0) is 15.3 Å². The fourth-order valence-corrected chi connectivity index (χ4v) is 9.73. The molecule has 3 aromatic rings. The van der Waals surface area contributed by atoms with E-state index in [0.29, 0.717) is 6.61 Å². The predicted octanol–water partition coefficient (Wildman–Crippen LogP) is 7.77.